The van der Waals surface area contributed by atoms with Crippen LogP contribution < -0.4 is 14.4 Å². The molecule has 1 unspecified atom stereocenters. The molecule has 1 heterocycles. The minimum atomic E-state index is -0.913. The van der Waals surface area contributed by atoms with Crippen LogP contribution in [0.3, 0.4) is 0 Å². The Morgan fingerprint density at radius 2 is 1.62 bits per heavy atom. The fraction of sp³-hybridized carbons (Fsp3) is 0.185. The second-order valence-electron chi connectivity index (χ2n) is 7.85. The molecule has 1 amide bonds. The van der Waals surface area contributed by atoms with Gasteiger partial charge in [0, 0.05) is 5.69 Å². The number of methoxy groups -OCH3 is 2. The smallest absolute Gasteiger partial charge is 0.300 e. The second-order valence-corrected chi connectivity index (χ2v) is 7.85. The van der Waals surface area contributed by atoms with Gasteiger partial charge < -0.3 is 19.7 Å². The number of aliphatic hydroxyl groups excluding tert-OH is 1. The topological polar surface area (TPSA) is 96.3 Å². The molecule has 7 heteroatoms. The number of aromatic hydroxyl groups is 1. The molecule has 4 rings (SSSR count). The summed E-state index contributed by atoms with van der Waals surface area (Å²) in [6.07, 6.45) is 0.829. The van der Waals surface area contributed by atoms with E-state index in [0.29, 0.717) is 22.7 Å². The van der Waals surface area contributed by atoms with E-state index >= 15 is 0 Å². The molecule has 1 saturated heterocycles. The second kappa shape index (κ2) is 9.31. The predicted octanol–water partition coefficient (Wildman–Crippen LogP) is 4.60. The van der Waals surface area contributed by atoms with Crippen LogP contribution in [0.1, 0.15) is 29.7 Å². The molecule has 1 aliphatic rings. The minimum absolute atomic E-state index is 0.0439. The first-order valence-electron chi connectivity index (χ1n) is 10.8. The maximum absolute atomic E-state index is 13.3. The monoisotopic (exact) mass is 459 g/mol. The Kier molecular flexibility index (Phi) is 6.27. The zero-order valence-corrected chi connectivity index (χ0v) is 19.1. The molecule has 1 atom stereocenters. The van der Waals surface area contributed by atoms with E-state index in [1.165, 1.54) is 31.3 Å². The number of ketones is 1. The van der Waals surface area contributed by atoms with Crippen molar-refractivity contribution >= 4 is 23.1 Å². The molecule has 3 aromatic rings. The quantitative estimate of drug-likeness (QED) is 0.318. The summed E-state index contributed by atoms with van der Waals surface area (Å²) in [7, 11) is 2.94. The zero-order valence-electron chi connectivity index (χ0n) is 19.1. The Morgan fingerprint density at radius 1 is 0.941 bits per heavy atom. The number of carbonyl (C=O) groups excluding carboxylic acids is 2. The Bertz CT molecular complexity index is 1260. The van der Waals surface area contributed by atoms with E-state index < -0.39 is 17.7 Å². The number of anilines is 1. The predicted molar refractivity (Wildman–Crippen MR) is 128 cm³/mol. The van der Waals surface area contributed by atoms with Crippen molar-refractivity contribution in [3.8, 4) is 17.2 Å². The molecule has 0 saturated carbocycles. The number of phenols is 1. The lowest BCUT2D eigenvalue weighted by atomic mass is 9.94. The minimum Gasteiger partial charge on any atom is -0.508 e. The van der Waals surface area contributed by atoms with Gasteiger partial charge in [-0.3, -0.25) is 14.5 Å². The van der Waals surface area contributed by atoms with Crippen molar-refractivity contribution in [3.63, 3.8) is 0 Å². The van der Waals surface area contributed by atoms with Gasteiger partial charge in [-0.1, -0.05) is 31.2 Å². The highest BCUT2D eigenvalue weighted by atomic mass is 16.5. The van der Waals surface area contributed by atoms with Gasteiger partial charge in [-0.05, 0) is 60.0 Å². The Balaban J connectivity index is 1.96. The summed E-state index contributed by atoms with van der Waals surface area (Å²) in [5, 5.41) is 21.2. The van der Waals surface area contributed by atoms with Crippen molar-refractivity contribution in [2.45, 2.75) is 19.4 Å². The first-order chi connectivity index (χ1) is 16.4. The summed E-state index contributed by atoms with van der Waals surface area (Å²) in [5.74, 6) is -1.14. The van der Waals surface area contributed by atoms with Crippen LogP contribution in [-0.2, 0) is 16.0 Å². The molecule has 0 aromatic heterocycles. The maximum Gasteiger partial charge on any atom is 0.300 e. The average molecular weight is 459 g/mol. The van der Waals surface area contributed by atoms with Crippen molar-refractivity contribution in [2.24, 2.45) is 0 Å². The first kappa shape index (κ1) is 22.9. The number of aryl methyl sites for hydroxylation is 1. The molecule has 3 aromatic carbocycles. The molecule has 0 aliphatic carbocycles. The fourth-order valence-corrected chi connectivity index (χ4v) is 4.11. The van der Waals surface area contributed by atoms with Gasteiger partial charge in [0.25, 0.3) is 11.7 Å². The van der Waals surface area contributed by atoms with E-state index in [4.69, 9.17) is 9.47 Å². The highest BCUT2D eigenvalue weighted by Crippen LogP contribution is 2.44. The van der Waals surface area contributed by atoms with Gasteiger partial charge in [0.05, 0.1) is 31.4 Å². The van der Waals surface area contributed by atoms with Gasteiger partial charge in [0.2, 0.25) is 0 Å². The number of ether oxygens (including phenoxy) is 2. The van der Waals surface area contributed by atoms with Crippen molar-refractivity contribution in [2.75, 3.05) is 19.1 Å². The van der Waals surface area contributed by atoms with Crippen LogP contribution in [0.15, 0.2) is 72.3 Å². The van der Waals surface area contributed by atoms with Gasteiger partial charge in [0.15, 0.2) is 0 Å². The highest BCUT2D eigenvalue weighted by Gasteiger charge is 2.47. The summed E-state index contributed by atoms with van der Waals surface area (Å²) < 4.78 is 10.7. The summed E-state index contributed by atoms with van der Waals surface area (Å²) in [5.41, 5.74) is 2.31. The average Bonchev–Trinajstić information content (AvgIpc) is 3.13. The number of rotatable bonds is 6. The first-order valence-corrected chi connectivity index (χ1v) is 10.8. The van der Waals surface area contributed by atoms with Crippen LogP contribution in [0.4, 0.5) is 5.69 Å². The van der Waals surface area contributed by atoms with Crippen LogP contribution in [0.25, 0.3) is 5.76 Å². The Labute approximate surface area is 197 Å². The molecule has 0 bridgehead atoms. The van der Waals surface area contributed by atoms with Crippen LogP contribution in [-0.4, -0.2) is 36.1 Å². The lowest BCUT2D eigenvalue weighted by Crippen LogP contribution is -2.29. The number of hydrogen-bond donors (Lipinski definition) is 2. The molecule has 7 nitrogen and oxygen atoms in total. The molecule has 34 heavy (non-hydrogen) atoms. The molecule has 1 fully saturated rings. The van der Waals surface area contributed by atoms with Crippen molar-refractivity contribution < 1.29 is 29.3 Å². The summed E-state index contributed by atoms with van der Waals surface area (Å²) >= 11 is 0. The van der Waals surface area contributed by atoms with Crippen LogP contribution >= 0.6 is 0 Å². The molecule has 1 aliphatic heterocycles. The van der Waals surface area contributed by atoms with E-state index in [1.807, 2.05) is 19.1 Å². The van der Waals surface area contributed by atoms with Gasteiger partial charge in [0.1, 0.15) is 23.0 Å². The van der Waals surface area contributed by atoms with Crippen molar-refractivity contribution in [1.82, 2.24) is 0 Å². The van der Waals surface area contributed by atoms with Gasteiger partial charge in [-0.15, -0.1) is 0 Å². The lowest BCUT2D eigenvalue weighted by molar-refractivity contribution is -0.132. The SMILES string of the molecule is CCc1ccc(N2C(=O)C(=O)/C(=C(/O)c3cc(OC)ccc3OC)C2c2ccc(O)cc2)cc1. The number of carbonyl (C=O) groups is 2. The third-order valence-electron chi connectivity index (χ3n) is 5.94. The third-order valence-corrected chi connectivity index (χ3v) is 5.94. The van der Waals surface area contributed by atoms with Crippen LogP contribution in [0.5, 0.6) is 17.2 Å². The standard InChI is InChI=1S/C27H25NO6/c1-4-16-5-9-18(10-6-16)28-24(17-7-11-19(29)12-8-17)23(26(31)27(28)32)25(30)21-15-20(33-2)13-14-22(21)34-3/h5-15,24,29-30H,4H2,1-3H3/b25-23+. The third kappa shape index (κ3) is 3.96. The van der Waals surface area contributed by atoms with E-state index in [9.17, 15) is 19.8 Å². The number of aliphatic hydroxyl groups is 1. The normalized spacial score (nSPS) is 17.1. The van der Waals surface area contributed by atoms with Gasteiger partial charge >= 0.3 is 0 Å². The largest absolute Gasteiger partial charge is 0.508 e. The number of hydrogen-bond acceptors (Lipinski definition) is 6. The van der Waals surface area contributed by atoms with E-state index in [2.05, 4.69) is 0 Å². The maximum atomic E-state index is 13.3. The lowest BCUT2D eigenvalue weighted by Gasteiger charge is -2.26. The van der Waals surface area contributed by atoms with Crippen LogP contribution in [0.2, 0.25) is 0 Å². The molecular weight excluding hydrogens is 434 g/mol. The summed E-state index contributed by atoms with van der Waals surface area (Å²) in [6, 6.07) is 17.5. The summed E-state index contributed by atoms with van der Waals surface area (Å²) in [6.45, 7) is 2.03. The highest BCUT2D eigenvalue weighted by molar-refractivity contribution is 6.51. The number of benzene rings is 3. The zero-order chi connectivity index (χ0) is 24.4. The number of phenolic OH excluding ortho intramolecular Hbond substituents is 1. The molecular formula is C27H25NO6. The van der Waals surface area contributed by atoms with E-state index in [-0.39, 0.29) is 22.6 Å². The number of nitrogens with zero attached hydrogens (tertiary/aromatic N) is 1. The fourth-order valence-electron chi connectivity index (χ4n) is 4.11. The molecule has 0 spiro atoms. The van der Waals surface area contributed by atoms with Crippen LogP contribution in [0, 0.1) is 0 Å². The van der Waals surface area contributed by atoms with Crippen molar-refractivity contribution in [1.29, 1.82) is 0 Å². The Hall–Kier alpha value is -4.26. The molecule has 174 valence electrons. The Morgan fingerprint density at radius 3 is 2.21 bits per heavy atom. The van der Waals surface area contributed by atoms with Gasteiger partial charge in [-0.25, -0.2) is 0 Å². The van der Waals surface area contributed by atoms with E-state index in [0.717, 1.165) is 12.0 Å². The van der Waals surface area contributed by atoms with Crippen molar-refractivity contribution in [3.05, 3.63) is 89.0 Å². The van der Waals surface area contributed by atoms with E-state index in [1.54, 1.807) is 42.5 Å². The number of Topliss-reactive ketones (excluding diaryl/α,β-unsaturated/α-hetero) is 1. The molecule has 0 radical (unpaired) electrons. The molecule has 2 N–H and O–H groups in total. The summed E-state index contributed by atoms with van der Waals surface area (Å²) in [4.78, 5) is 27.9. The van der Waals surface area contributed by atoms with Gasteiger partial charge in [-0.2, -0.15) is 0 Å². The number of amides is 1.